The van der Waals surface area contributed by atoms with Gasteiger partial charge >= 0.3 is 0 Å². The van der Waals surface area contributed by atoms with E-state index in [1.807, 2.05) is 0 Å². The number of hydrogen-bond donors (Lipinski definition) is 0. The maximum absolute atomic E-state index is 9.72. The van der Waals surface area contributed by atoms with Gasteiger partial charge in [0.15, 0.2) is 0 Å². The number of hydrogen-bond acceptors (Lipinski definition) is 1. The molecule has 0 aliphatic carbocycles. The molecule has 54 valence electrons. The highest BCUT2D eigenvalue weighted by Gasteiger charge is 1.88. The monoisotopic (exact) mass is 150 g/mol. The Bertz CT molecular complexity index is 106. The van der Waals surface area contributed by atoms with Crippen molar-refractivity contribution in [3.05, 3.63) is 5.03 Å². The third-order valence-corrected chi connectivity index (χ3v) is 1.13. The Morgan fingerprint density at radius 2 is 2.22 bits per heavy atom. The molecule has 0 saturated heterocycles. The lowest BCUT2D eigenvalue weighted by Crippen LogP contribution is -1.72. The van der Waals surface area contributed by atoms with Gasteiger partial charge < -0.3 is 5.48 Å². The first-order valence-corrected chi connectivity index (χ1v) is 3.08. The standard InChI is InChI=1S/C6H9ClO.H2O/c1-2-3-4-6(7)5-8;/h2-4H2,1H3;1H2. The average Bonchev–Trinajstić information content (AvgIpc) is 1.83. The van der Waals surface area contributed by atoms with E-state index in [0.717, 1.165) is 12.8 Å². The van der Waals surface area contributed by atoms with Gasteiger partial charge in [0.1, 0.15) is 11.0 Å². The van der Waals surface area contributed by atoms with E-state index in [2.05, 4.69) is 6.92 Å². The second-order valence-electron chi connectivity index (χ2n) is 1.61. The van der Waals surface area contributed by atoms with Gasteiger partial charge in [0, 0.05) is 0 Å². The quantitative estimate of drug-likeness (QED) is 0.560. The molecule has 2 N–H and O–H groups in total. The summed E-state index contributed by atoms with van der Waals surface area (Å²) in [6.45, 7) is 2.05. The van der Waals surface area contributed by atoms with Gasteiger partial charge in [-0.2, -0.15) is 0 Å². The summed E-state index contributed by atoms with van der Waals surface area (Å²) in [5, 5.41) is 0.312. The van der Waals surface area contributed by atoms with E-state index in [1.165, 1.54) is 0 Å². The van der Waals surface area contributed by atoms with Crippen molar-refractivity contribution >= 4 is 17.5 Å². The van der Waals surface area contributed by atoms with Gasteiger partial charge in [0.25, 0.3) is 0 Å². The minimum atomic E-state index is 0. The van der Waals surface area contributed by atoms with Gasteiger partial charge in [0.05, 0.1) is 0 Å². The van der Waals surface area contributed by atoms with Crippen molar-refractivity contribution in [1.29, 1.82) is 0 Å². The molecule has 9 heavy (non-hydrogen) atoms. The van der Waals surface area contributed by atoms with Gasteiger partial charge in [-0.15, -0.1) is 0 Å². The molecule has 0 radical (unpaired) electrons. The molecule has 0 heterocycles. The van der Waals surface area contributed by atoms with E-state index in [0.29, 0.717) is 11.5 Å². The SMILES string of the molecule is CCCCC(Cl)=C=O.O. The van der Waals surface area contributed by atoms with Gasteiger partial charge in [-0.1, -0.05) is 24.9 Å². The molecule has 0 aliphatic heterocycles. The zero-order chi connectivity index (χ0) is 6.41. The lowest BCUT2D eigenvalue weighted by molar-refractivity contribution is 0.567. The maximum atomic E-state index is 9.72. The molecule has 0 spiro atoms. The van der Waals surface area contributed by atoms with E-state index in [-0.39, 0.29) is 5.48 Å². The maximum Gasteiger partial charge on any atom is 0.140 e. The van der Waals surface area contributed by atoms with Crippen LogP contribution in [0, 0.1) is 0 Å². The summed E-state index contributed by atoms with van der Waals surface area (Å²) in [7, 11) is 0. The molecule has 0 saturated carbocycles. The first kappa shape index (κ1) is 11.5. The highest BCUT2D eigenvalue weighted by Crippen LogP contribution is 2.06. The van der Waals surface area contributed by atoms with E-state index < -0.39 is 0 Å². The fourth-order valence-corrected chi connectivity index (χ4v) is 0.517. The highest BCUT2D eigenvalue weighted by atomic mass is 35.5. The molecule has 2 nitrogen and oxygen atoms in total. The zero-order valence-corrected chi connectivity index (χ0v) is 6.16. The molecule has 0 aromatic heterocycles. The lowest BCUT2D eigenvalue weighted by atomic mass is 10.2. The average molecular weight is 151 g/mol. The molecule has 0 bridgehead atoms. The summed E-state index contributed by atoms with van der Waals surface area (Å²) in [6, 6.07) is 0. The smallest absolute Gasteiger partial charge is 0.140 e. The number of unbranched alkanes of at least 4 members (excludes halogenated alkanes) is 1. The summed E-state index contributed by atoms with van der Waals surface area (Å²) in [5.41, 5.74) is 0. The molecule has 3 heteroatoms. The molecular formula is C6H11ClO2. The van der Waals surface area contributed by atoms with Crippen LogP contribution in [-0.2, 0) is 4.79 Å². The Labute approximate surface area is 59.8 Å². The van der Waals surface area contributed by atoms with Crippen molar-refractivity contribution in [3.63, 3.8) is 0 Å². The predicted molar refractivity (Wildman–Crippen MR) is 38.2 cm³/mol. The number of carbonyl (C=O) groups excluding carboxylic acids is 1. The molecule has 0 aliphatic rings. The van der Waals surface area contributed by atoms with Crippen LogP contribution >= 0.6 is 11.6 Å². The normalized spacial score (nSPS) is 7.33. The second-order valence-corrected chi connectivity index (χ2v) is 2.07. The molecule has 0 rings (SSSR count). The minimum Gasteiger partial charge on any atom is -0.412 e. The molecule has 0 unspecified atom stereocenters. The van der Waals surface area contributed by atoms with Gasteiger partial charge in [-0.3, -0.25) is 0 Å². The summed E-state index contributed by atoms with van der Waals surface area (Å²) in [4.78, 5) is 9.72. The van der Waals surface area contributed by atoms with Gasteiger partial charge in [-0.05, 0) is 12.8 Å². The predicted octanol–water partition coefficient (Wildman–Crippen LogP) is 1.31. The van der Waals surface area contributed by atoms with Crippen LogP contribution in [0.1, 0.15) is 26.2 Å². The first-order valence-electron chi connectivity index (χ1n) is 2.70. The highest BCUT2D eigenvalue weighted by molar-refractivity contribution is 6.33. The van der Waals surface area contributed by atoms with Gasteiger partial charge in [-0.25, -0.2) is 4.79 Å². The summed E-state index contributed by atoms with van der Waals surface area (Å²) in [6.07, 6.45) is 2.73. The van der Waals surface area contributed by atoms with Crippen LogP contribution in [0.3, 0.4) is 0 Å². The van der Waals surface area contributed by atoms with Crippen molar-refractivity contribution < 1.29 is 10.3 Å². The molecule has 0 fully saturated rings. The molecule has 0 atom stereocenters. The Morgan fingerprint density at radius 3 is 2.56 bits per heavy atom. The Balaban J connectivity index is 0. The van der Waals surface area contributed by atoms with Crippen molar-refractivity contribution in [2.24, 2.45) is 0 Å². The van der Waals surface area contributed by atoms with Crippen LogP contribution in [-0.4, -0.2) is 11.4 Å². The van der Waals surface area contributed by atoms with Crippen molar-refractivity contribution in [1.82, 2.24) is 0 Å². The minimum absolute atomic E-state index is 0. The third-order valence-electron chi connectivity index (χ3n) is 0.861. The third kappa shape index (κ3) is 7.70. The van der Waals surface area contributed by atoms with Crippen LogP contribution in [0.4, 0.5) is 0 Å². The molecule has 0 aromatic carbocycles. The van der Waals surface area contributed by atoms with E-state index in [1.54, 1.807) is 5.94 Å². The topological polar surface area (TPSA) is 48.6 Å². The molecular weight excluding hydrogens is 140 g/mol. The van der Waals surface area contributed by atoms with Crippen molar-refractivity contribution in [2.45, 2.75) is 26.2 Å². The Morgan fingerprint density at radius 1 is 1.67 bits per heavy atom. The van der Waals surface area contributed by atoms with E-state index in [4.69, 9.17) is 11.6 Å². The number of rotatable bonds is 3. The Kier molecular flexibility index (Phi) is 9.83. The van der Waals surface area contributed by atoms with Crippen LogP contribution in [0.5, 0.6) is 0 Å². The Hall–Kier alpha value is -0.300. The van der Waals surface area contributed by atoms with Crippen molar-refractivity contribution in [2.75, 3.05) is 0 Å². The van der Waals surface area contributed by atoms with Crippen LogP contribution in [0.2, 0.25) is 0 Å². The van der Waals surface area contributed by atoms with Crippen LogP contribution in [0.25, 0.3) is 0 Å². The zero-order valence-electron chi connectivity index (χ0n) is 5.41. The second kappa shape index (κ2) is 7.70. The van der Waals surface area contributed by atoms with Crippen LogP contribution in [0.15, 0.2) is 5.03 Å². The fourth-order valence-electron chi connectivity index (χ4n) is 0.383. The molecule has 0 amide bonds. The fraction of sp³-hybridized carbons (Fsp3) is 0.667. The number of halogens is 1. The lowest BCUT2D eigenvalue weighted by Gasteiger charge is -1.87. The van der Waals surface area contributed by atoms with E-state index in [9.17, 15) is 4.79 Å². The molecule has 0 aromatic rings. The summed E-state index contributed by atoms with van der Waals surface area (Å²) >= 11 is 5.34. The summed E-state index contributed by atoms with van der Waals surface area (Å²) < 4.78 is 0. The van der Waals surface area contributed by atoms with Crippen molar-refractivity contribution in [3.8, 4) is 0 Å². The van der Waals surface area contributed by atoms with Gasteiger partial charge in [0.2, 0.25) is 0 Å². The number of allylic oxidation sites excluding steroid dienone is 1. The largest absolute Gasteiger partial charge is 0.412 e. The van der Waals surface area contributed by atoms with E-state index >= 15 is 0 Å². The summed E-state index contributed by atoms with van der Waals surface area (Å²) in [5.74, 6) is 1.63. The first-order chi connectivity index (χ1) is 3.81. The van der Waals surface area contributed by atoms with Crippen LogP contribution < -0.4 is 0 Å².